The van der Waals surface area contributed by atoms with Gasteiger partial charge in [0.05, 0.1) is 0 Å². The van der Waals surface area contributed by atoms with E-state index in [9.17, 15) is 4.79 Å². The average Bonchev–Trinajstić information content (AvgIpc) is 2.82. The van der Waals surface area contributed by atoms with Crippen LogP contribution in [0, 0.1) is 0 Å². The van der Waals surface area contributed by atoms with Crippen LogP contribution in [0.2, 0.25) is 0 Å². The molecule has 0 unspecified atom stereocenters. The molecular formula is C28H37N3O. The highest BCUT2D eigenvalue weighted by atomic mass is 16.1. The lowest BCUT2D eigenvalue weighted by molar-refractivity contribution is 0.102. The van der Waals surface area contributed by atoms with Gasteiger partial charge in [0, 0.05) is 23.5 Å². The molecule has 0 saturated heterocycles. The fourth-order valence-electron chi connectivity index (χ4n) is 3.25. The van der Waals surface area contributed by atoms with Crippen molar-refractivity contribution in [2.75, 3.05) is 31.3 Å². The van der Waals surface area contributed by atoms with E-state index in [1.165, 1.54) is 17.5 Å². The monoisotopic (exact) mass is 431 g/mol. The lowest BCUT2D eigenvalue weighted by Crippen LogP contribution is -2.11. The minimum atomic E-state index is -0.0958. The lowest BCUT2D eigenvalue weighted by atomic mass is 10.0. The van der Waals surface area contributed by atoms with Crippen LogP contribution < -0.4 is 16.0 Å². The molecule has 170 valence electrons. The minimum Gasteiger partial charge on any atom is -0.385 e. The molecule has 32 heavy (non-hydrogen) atoms. The van der Waals surface area contributed by atoms with E-state index in [1.807, 2.05) is 62.6 Å². The molecule has 0 spiro atoms. The normalized spacial score (nSPS) is 10.1. The Kier molecular flexibility index (Phi) is 11.0. The number of hydrogen-bond acceptors (Lipinski definition) is 3. The smallest absolute Gasteiger partial charge is 0.255 e. The van der Waals surface area contributed by atoms with Crippen molar-refractivity contribution < 1.29 is 4.79 Å². The summed E-state index contributed by atoms with van der Waals surface area (Å²) in [6.45, 7) is 5.34. The third-order valence-electron chi connectivity index (χ3n) is 4.98. The van der Waals surface area contributed by atoms with Crippen molar-refractivity contribution in [1.82, 2.24) is 5.32 Å². The Hall–Kier alpha value is -3.11. The average molecular weight is 432 g/mol. The predicted octanol–water partition coefficient (Wildman–Crippen LogP) is 6.61. The molecule has 0 aromatic heterocycles. The zero-order valence-corrected chi connectivity index (χ0v) is 19.9. The van der Waals surface area contributed by atoms with Crippen molar-refractivity contribution in [1.29, 1.82) is 0 Å². The number of anilines is 2. The molecule has 0 aliphatic heterocycles. The van der Waals surface area contributed by atoms with E-state index in [2.05, 4.69) is 54.1 Å². The number of hydrogen-bond donors (Lipinski definition) is 3. The first-order chi connectivity index (χ1) is 15.6. The highest BCUT2D eigenvalue weighted by Crippen LogP contribution is 2.21. The van der Waals surface area contributed by atoms with Crippen molar-refractivity contribution in [3.63, 3.8) is 0 Å². The van der Waals surface area contributed by atoms with Crippen molar-refractivity contribution >= 4 is 17.3 Å². The molecule has 1 amide bonds. The summed E-state index contributed by atoms with van der Waals surface area (Å²) >= 11 is 0. The predicted molar refractivity (Wildman–Crippen MR) is 139 cm³/mol. The van der Waals surface area contributed by atoms with E-state index in [4.69, 9.17) is 0 Å². The Morgan fingerprint density at radius 2 is 1.25 bits per heavy atom. The van der Waals surface area contributed by atoms with E-state index in [1.54, 1.807) is 0 Å². The van der Waals surface area contributed by atoms with E-state index >= 15 is 0 Å². The molecule has 3 rings (SSSR count). The van der Waals surface area contributed by atoms with Crippen molar-refractivity contribution in [3.8, 4) is 11.1 Å². The van der Waals surface area contributed by atoms with Gasteiger partial charge in [-0.05, 0) is 80.0 Å². The second kappa shape index (κ2) is 14.0. The SMILES string of the molecule is CCCCNc1ccc(NC(=O)c2ccc(-c3ccc(CCC)cc3)cc2)cc1.CNC. The van der Waals surface area contributed by atoms with Gasteiger partial charge in [0.2, 0.25) is 0 Å². The van der Waals surface area contributed by atoms with Crippen LogP contribution in [0.15, 0.2) is 72.8 Å². The van der Waals surface area contributed by atoms with Crippen molar-refractivity contribution in [3.05, 3.63) is 83.9 Å². The van der Waals surface area contributed by atoms with Crippen LogP contribution >= 0.6 is 0 Å². The van der Waals surface area contributed by atoms with Gasteiger partial charge in [-0.1, -0.05) is 63.1 Å². The second-order valence-corrected chi connectivity index (χ2v) is 7.84. The summed E-state index contributed by atoms with van der Waals surface area (Å²) in [7, 11) is 3.75. The zero-order valence-electron chi connectivity index (χ0n) is 19.9. The van der Waals surface area contributed by atoms with Crippen LogP contribution in [0.4, 0.5) is 11.4 Å². The Labute approximate surface area is 193 Å². The van der Waals surface area contributed by atoms with Gasteiger partial charge in [-0.3, -0.25) is 4.79 Å². The quantitative estimate of drug-likeness (QED) is 0.334. The molecule has 0 radical (unpaired) electrons. The van der Waals surface area contributed by atoms with Crippen LogP contribution in [-0.2, 0) is 6.42 Å². The van der Waals surface area contributed by atoms with Crippen LogP contribution in [0.3, 0.4) is 0 Å². The van der Waals surface area contributed by atoms with Gasteiger partial charge >= 0.3 is 0 Å². The first kappa shape index (κ1) is 25.2. The molecule has 0 heterocycles. The van der Waals surface area contributed by atoms with E-state index < -0.39 is 0 Å². The summed E-state index contributed by atoms with van der Waals surface area (Å²) in [5.41, 5.74) is 6.17. The maximum Gasteiger partial charge on any atom is 0.255 e. The fourth-order valence-corrected chi connectivity index (χ4v) is 3.25. The molecule has 0 aliphatic rings. The number of aryl methyl sites for hydroxylation is 1. The van der Waals surface area contributed by atoms with Gasteiger partial charge in [0.15, 0.2) is 0 Å². The van der Waals surface area contributed by atoms with Crippen LogP contribution in [-0.4, -0.2) is 26.5 Å². The summed E-state index contributed by atoms with van der Waals surface area (Å²) in [6.07, 6.45) is 4.58. The Bertz CT molecular complexity index is 916. The Morgan fingerprint density at radius 1 is 0.719 bits per heavy atom. The van der Waals surface area contributed by atoms with Crippen LogP contribution in [0.1, 0.15) is 49.0 Å². The molecule has 4 heteroatoms. The largest absolute Gasteiger partial charge is 0.385 e. The fraction of sp³-hybridized carbons (Fsp3) is 0.321. The highest BCUT2D eigenvalue weighted by Gasteiger charge is 2.07. The number of unbranched alkanes of at least 4 members (excludes halogenated alkanes) is 1. The van der Waals surface area contributed by atoms with Gasteiger partial charge < -0.3 is 16.0 Å². The molecule has 3 aromatic rings. The van der Waals surface area contributed by atoms with Crippen molar-refractivity contribution in [2.24, 2.45) is 0 Å². The Balaban J connectivity index is 0.00000114. The highest BCUT2D eigenvalue weighted by molar-refractivity contribution is 6.04. The maximum atomic E-state index is 12.5. The number of benzene rings is 3. The Morgan fingerprint density at radius 3 is 1.78 bits per heavy atom. The molecule has 0 saturated carbocycles. The second-order valence-electron chi connectivity index (χ2n) is 7.84. The minimum absolute atomic E-state index is 0.0958. The molecule has 4 nitrogen and oxygen atoms in total. The lowest BCUT2D eigenvalue weighted by Gasteiger charge is -2.09. The molecule has 3 aromatic carbocycles. The zero-order chi connectivity index (χ0) is 23.2. The third-order valence-corrected chi connectivity index (χ3v) is 4.98. The van der Waals surface area contributed by atoms with Gasteiger partial charge in [-0.25, -0.2) is 0 Å². The molecule has 3 N–H and O–H groups in total. The van der Waals surface area contributed by atoms with E-state index in [-0.39, 0.29) is 5.91 Å². The number of amides is 1. The van der Waals surface area contributed by atoms with Gasteiger partial charge in [0.25, 0.3) is 5.91 Å². The summed E-state index contributed by atoms with van der Waals surface area (Å²) in [5.74, 6) is -0.0958. The number of nitrogens with one attached hydrogen (secondary N) is 3. The molecule has 0 atom stereocenters. The van der Waals surface area contributed by atoms with Crippen LogP contribution in [0.25, 0.3) is 11.1 Å². The topological polar surface area (TPSA) is 53.2 Å². The maximum absolute atomic E-state index is 12.5. The molecule has 0 aliphatic carbocycles. The standard InChI is InChI=1S/C26H30N2O.C2H7N/c1-3-5-19-27-24-15-17-25(18-16-24)28-26(29)23-13-11-22(12-14-23)21-9-7-20(6-4-2)8-10-21;1-3-2/h7-18,27H,3-6,19H2,1-2H3,(H,28,29);3H,1-2H3. The summed E-state index contributed by atoms with van der Waals surface area (Å²) in [4.78, 5) is 12.5. The first-order valence-corrected chi connectivity index (χ1v) is 11.5. The summed E-state index contributed by atoms with van der Waals surface area (Å²) in [5, 5.41) is 9.09. The van der Waals surface area contributed by atoms with Gasteiger partial charge in [-0.2, -0.15) is 0 Å². The van der Waals surface area contributed by atoms with Gasteiger partial charge in [-0.15, -0.1) is 0 Å². The van der Waals surface area contributed by atoms with Gasteiger partial charge in [0.1, 0.15) is 0 Å². The molecular weight excluding hydrogens is 394 g/mol. The van der Waals surface area contributed by atoms with E-state index in [0.717, 1.165) is 42.7 Å². The molecule has 0 bridgehead atoms. The van der Waals surface area contributed by atoms with E-state index in [0.29, 0.717) is 5.56 Å². The number of rotatable bonds is 9. The summed E-state index contributed by atoms with van der Waals surface area (Å²) < 4.78 is 0. The molecule has 0 fully saturated rings. The van der Waals surface area contributed by atoms with Crippen LogP contribution in [0.5, 0.6) is 0 Å². The van der Waals surface area contributed by atoms with Crippen molar-refractivity contribution in [2.45, 2.75) is 39.5 Å². The third kappa shape index (κ3) is 8.20. The number of carbonyl (C=O) groups is 1. The number of carbonyl (C=O) groups excluding carboxylic acids is 1. The first-order valence-electron chi connectivity index (χ1n) is 11.5. The summed E-state index contributed by atoms with van der Waals surface area (Å²) in [6, 6.07) is 24.3.